The van der Waals surface area contributed by atoms with E-state index >= 15 is 0 Å². The van der Waals surface area contributed by atoms with Gasteiger partial charge in [-0.1, -0.05) is 0 Å². The van der Waals surface area contributed by atoms with Crippen LogP contribution in [0.25, 0.3) is 11.2 Å². The Labute approximate surface area is 389 Å². The van der Waals surface area contributed by atoms with Crippen molar-refractivity contribution in [2.24, 2.45) is 11.8 Å². The Morgan fingerprint density at radius 2 is 1.67 bits per heavy atom. The van der Waals surface area contributed by atoms with E-state index in [-0.39, 0.29) is 60.8 Å². The molecule has 66 heavy (non-hydrogen) atoms. The quantitative estimate of drug-likeness (QED) is 0.0335. The van der Waals surface area contributed by atoms with E-state index in [1.807, 2.05) is 85.8 Å². The van der Waals surface area contributed by atoms with Crippen LogP contribution < -0.4 is 20.3 Å². The molecule has 2 aromatic heterocycles. The third kappa shape index (κ3) is 9.55. The fourth-order valence-electron chi connectivity index (χ4n) is 9.07. The summed E-state index contributed by atoms with van der Waals surface area (Å²) >= 11 is 1.37. The number of hydrogen-bond donors (Lipinski definition) is 3. The zero-order chi connectivity index (χ0) is 46.8. The number of imidazole rings is 1. The van der Waals surface area contributed by atoms with Crippen LogP contribution in [0.2, 0.25) is 0 Å². The molecule has 3 fully saturated rings. The van der Waals surface area contributed by atoms with Crippen LogP contribution in [0.1, 0.15) is 69.9 Å². The van der Waals surface area contributed by atoms with E-state index in [4.69, 9.17) is 37.5 Å². The van der Waals surface area contributed by atoms with Gasteiger partial charge in [0.2, 0.25) is 0 Å². The molecule has 0 unspecified atom stereocenters. The Hall–Kier alpha value is -4.68. The topological polar surface area (TPSA) is 187 Å². The van der Waals surface area contributed by atoms with Crippen molar-refractivity contribution in [2.45, 2.75) is 87.9 Å². The standard InChI is InChI=1S/C48H60N5O11PS/c1-29(2)31-22-23-47(5)38(26-31)63-65(56,66-47)64-40-37(62-45(41(40)60-25-24-57-6)53-28-49-39-42(53)50-46(52-44(39)55)51-43(54)30(3)4)27-61-48(32-12-10-9-11-13-32,33-14-18-35(58-7)19-15-33)34-16-20-36(59-8)21-17-34/h9-21,28,30-31,37-38,40-41,45,56,65H,1,22-27H2,2-8H3,(H2,50,51,52,54,55)/t31-,37+,38+,40+,41+,45+,47+/m0/s1. The Bertz CT molecular complexity index is 2500. The maximum absolute atomic E-state index is 13.5. The Morgan fingerprint density at radius 1 is 1.02 bits per heavy atom. The van der Waals surface area contributed by atoms with Crippen molar-refractivity contribution in [1.82, 2.24) is 19.5 Å². The molecule has 1 amide bonds. The fourth-order valence-corrected chi connectivity index (χ4v) is 15.2. The van der Waals surface area contributed by atoms with Gasteiger partial charge in [-0.05, 0) is 0 Å². The number of fused-ring (bicyclic) bond motifs is 2. The van der Waals surface area contributed by atoms with Crippen LogP contribution in [0.15, 0.2) is 102 Å². The van der Waals surface area contributed by atoms with Crippen LogP contribution in [-0.2, 0) is 38.4 Å². The molecule has 2 aliphatic heterocycles. The normalized spacial score (nSPS) is 25.4. The number of rotatable bonds is 18. The molecule has 8 rings (SSSR count). The first-order valence-electron chi connectivity index (χ1n) is 22.2. The summed E-state index contributed by atoms with van der Waals surface area (Å²) in [5.41, 5.74) is 1.85. The molecule has 1 saturated carbocycles. The summed E-state index contributed by atoms with van der Waals surface area (Å²) < 4.78 is 52.6. The van der Waals surface area contributed by atoms with Gasteiger partial charge in [0, 0.05) is 0 Å². The second-order valence-corrected chi connectivity index (χ2v) is 22.4. The van der Waals surface area contributed by atoms with E-state index < -0.39 is 47.6 Å². The number of hydrogen-bond acceptors (Lipinski definition) is 14. The molecule has 0 bridgehead atoms. The van der Waals surface area contributed by atoms with Crippen molar-refractivity contribution < 1.29 is 47.2 Å². The predicted octanol–water partition coefficient (Wildman–Crippen LogP) is 7.72. The number of benzene rings is 3. The molecular weight excluding hydrogens is 886 g/mol. The zero-order valence-electron chi connectivity index (χ0n) is 38.4. The van der Waals surface area contributed by atoms with Crippen molar-refractivity contribution in [3.63, 3.8) is 0 Å². The average Bonchev–Trinajstić information content (AvgIpc) is 3.97. The van der Waals surface area contributed by atoms with Gasteiger partial charge < -0.3 is 0 Å². The van der Waals surface area contributed by atoms with Gasteiger partial charge in [0.1, 0.15) is 0 Å². The van der Waals surface area contributed by atoms with Crippen molar-refractivity contribution >= 4 is 41.5 Å². The maximum atomic E-state index is 13.5. The minimum atomic E-state index is -4.08. The number of aromatic nitrogens is 4. The number of allylic oxidation sites excluding steroid dienone is 1. The second kappa shape index (κ2) is 19.9. The summed E-state index contributed by atoms with van der Waals surface area (Å²) in [7, 11) is 0.730. The third-order valence-electron chi connectivity index (χ3n) is 12.8. The number of anilines is 1. The van der Waals surface area contributed by atoms with Crippen LogP contribution in [0.4, 0.5) is 5.95 Å². The van der Waals surface area contributed by atoms with Crippen LogP contribution in [-0.4, -0.2) is 101 Å². The summed E-state index contributed by atoms with van der Waals surface area (Å²) in [4.78, 5) is 50.6. The molecule has 0 radical (unpaired) electrons. The zero-order valence-corrected chi connectivity index (χ0v) is 40.2. The Kier molecular flexibility index (Phi) is 14.4. The van der Waals surface area contributed by atoms with Gasteiger partial charge in [-0.2, -0.15) is 0 Å². The molecule has 18 heteroatoms. The molecule has 16 nitrogen and oxygen atoms in total. The summed E-state index contributed by atoms with van der Waals surface area (Å²) in [5, 5.41) is 2.69. The van der Waals surface area contributed by atoms with Gasteiger partial charge in [-0.25, -0.2) is 0 Å². The molecule has 0 spiro atoms. The number of amides is 1. The number of methoxy groups -OCH3 is 3. The third-order valence-corrected chi connectivity index (χ3v) is 17.9. The molecule has 354 valence electrons. The van der Waals surface area contributed by atoms with Gasteiger partial charge in [-0.15, -0.1) is 0 Å². The summed E-state index contributed by atoms with van der Waals surface area (Å²) in [6.07, 6.45) is -0.359. The molecule has 5 aromatic rings. The molecular formula is C48H60N5O11PS. The Morgan fingerprint density at radius 3 is 2.27 bits per heavy atom. The van der Waals surface area contributed by atoms with Crippen molar-refractivity contribution in [3.8, 4) is 11.5 Å². The van der Waals surface area contributed by atoms with E-state index in [2.05, 4.69) is 33.8 Å². The fraction of sp³-hybridized carbons (Fsp3) is 0.458. The van der Waals surface area contributed by atoms with E-state index in [0.29, 0.717) is 17.9 Å². The number of ether oxygens (including phenoxy) is 6. The first kappa shape index (κ1) is 47.8. The van der Waals surface area contributed by atoms with Gasteiger partial charge in [0.05, 0.1) is 0 Å². The first-order valence-corrected chi connectivity index (χ1v) is 25.5. The van der Waals surface area contributed by atoms with E-state index in [0.717, 1.165) is 35.1 Å². The summed E-state index contributed by atoms with van der Waals surface area (Å²) in [5.74, 6) is 0.832. The van der Waals surface area contributed by atoms with Crippen LogP contribution in [0.3, 0.4) is 0 Å². The molecule has 2 saturated heterocycles. The van der Waals surface area contributed by atoms with Crippen molar-refractivity contribution in [1.29, 1.82) is 0 Å². The predicted molar refractivity (Wildman–Crippen MR) is 254 cm³/mol. The Balaban J connectivity index is 1.24. The summed E-state index contributed by atoms with van der Waals surface area (Å²) in [6.45, 7) is 12.1. The van der Waals surface area contributed by atoms with E-state index in [1.165, 1.54) is 17.7 Å². The molecule has 3 aromatic carbocycles. The minimum absolute atomic E-state index is 0.0165. The number of nitrogens with zero attached hydrogens (tertiary/aromatic N) is 3. The van der Waals surface area contributed by atoms with Gasteiger partial charge >= 0.3 is 390 Å². The molecule has 3 aliphatic rings. The van der Waals surface area contributed by atoms with Gasteiger partial charge in [0.15, 0.2) is 0 Å². The number of H-pyrrole nitrogens is 1. The monoisotopic (exact) mass is 945 g/mol. The van der Waals surface area contributed by atoms with Crippen molar-refractivity contribution in [3.05, 3.63) is 124 Å². The number of carbonyl (C=O) groups is 1. The van der Waals surface area contributed by atoms with Crippen LogP contribution in [0.5, 0.6) is 11.5 Å². The number of nitrogens with one attached hydrogen (secondary N) is 2. The average molecular weight is 946 g/mol. The van der Waals surface area contributed by atoms with Gasteiger partial charge in [0.25, 0.3) is 0 Å². The number of aromatic amines is 1. The molecule has 1 aliphatic carbocycles. The first-order chi connectivity index (χ1) is 31.7. The molecule has 3 N–H and O–H groups in total. The molecule has 7 atom stereocenters. The van der Waals surface area contributed by atoms with Crippen molar-refractivity contribution in [2.75, 3.05) is 46.5 Å². The van der Waals surface area contributed by atoms with Crippen LogP contribution >= 0.6 is 18.5 Å². The van der Waals surface area contributed by atoms with Gasteiger partial charge in [-0.3, -0.25) is 0 Å². The second-order valence-electron chi connectivity index (χ2n) is 17.5. The number of carbonyl (C=O) groups excluding carboxylic acids is 1. The SMILES string of the molecule is C=C(C)[C@H]1CC[C@@]2(C)S[PH](O)(O[C@H]3[C@@H](OCCOC)[C@H](n4cnc5c(=O)[nH]c(NC(=O)C(C)C)nc54)O[C@@H]3COC(c3ccccc3)(c3ccc(OC)cc3)c3ccc(OC)cc3)O[C@@H]2C1. The summed E-state index contributed by atoms with van der Waals surface area (Å²) in [6, 6.07) is 25.3. The van der Waals surface area contributed by atoms with E-state index in [9.17, 15) is 14.5 Å². The van der Waals surface area contributed by atoms with Crippen LogP contribution in [0, 0.1) is 11.8 Å². The van der Waals surface area contributed by atoms with E-state index in [1.54, 1.807) is 39.7 Å². The molecule has 4 heterocycles.